The van der Waals surface area contributed by atoms with E-state index in [2.05, 4.69) is 5.32 Å². The zero-order valence-electron chi connectivity index (χ0n) is 6.99. The van der Waals surface area contributed by atoms with Crippen LogP contribution in [0.3, 0.4) is 0 Å². The van der Waals surface area contributed by atoms with E-state index in [1.165, 1.54) is 0 Å². The maximum atomic E-state index is 10.7. The van der Waals surface area contributed by atoms with Crippen LogP contribution in [0.2, 0.25) is 0 Å². The fourth-order valence-corrected chi connectivity index (χ4v) is 1.57. The summed E-state index contributed by atoms with van der Waals surface area (Å²) < 4.78 is 0. The molecule has 4 heteroatoms. The summed E-state index contributed by atoms with van der Waals surface area (Å²) in [6.07, 6.45) is 3.00. The van der Waals surface area contributed by atoms with E-state index in [-0.39, 0.29) is 18.1 Å². The van der Waals surface area contributed by atoms with E-state index in [0.717, 1.165) is 19.3 Å². The van der Waals surface area contributed by atoms with E-state index in [0.29, 0.717) is 6.42 Å². The number of aliphatic hydroxyl groups is 2. The minimum absolute atomic E-state index is 0.0494. The molecule has 0 bridgehead atoms. The van der Waals surface area contributed by atoms with Gasteiger partial charge in [0.1, 0.15) is 6.61 Å². The highest BCUT2D eigenvalue weighted by Gasteiger charge is 2.20. The topological polar surface area (TPSA) is 69.6 Å². The summed E-state index contributed by atoms with van der Waals surface area (Å²) >= 11 is 0. The Morgan fingerprint density at radius 3 is 2.83 bits per heavy atom. The quantitative estimate of drug-likeness (QED) is 0.522. The van der Waals surface area contributed by atoms with Crippen LogP contribution in [0, 0.1) is 0 Å². The monoisotopic (exact) mass is 173 g/mol. The second-order valence-electron chi connectivity index (χ2n) is 3.24. The lowest BCUT2D eigenvalue weighted by atomic mass is 9.93. The van der Waals surface area contributed by atoms with Crippen LogP contribution in [0.1, 0.15) is 25.7 Å². The predicted octanol–water partition coefficient (Wildman–Crippen LogP) is -0.602. The van der Waals surface area contributed by atoms with Gasteiger partial charge >= 0.3 is 0 Å². The summed E-state index contributed by atoms with van der Waals surface area (Å²) in [4.78, 5) is 10.7. The highest BCUT2D eigenvalue weighted by atomic mass is 16.3. The van der Waals surface area contributed by atoms with Gasteiger partial charge in [0.15, 0.2) is 0 Å². The molecule has 1 amide bonds. The van der Waals surface area contributed by atoms with E-state index in [4.69, 9.17) is 5.11 Å². The number of nitrogens with one attached hydrogen (secondary N) is 1. The fourth-order valence-electron chi connectivity index (χ4n) is 1.57. The van der Waals surface area contributed by atoms with Crippen LogP contribution in [0.25, 0.3) is 0 Å². The first-order chi connectivity index (χ1) is 5.72. The summed E-state index contributed by atoms with van der Waals surface area (Å²) in [7, 11) is 0. The Kier molecular flexibility index (Phi) is 3.49. The largest absolute Gasteiger partial charge is 0.393 e. The smallest absolute Gasteiger partial charge is 0.245 e. The SMILES string of the molecule is O=C(CO)N[C@H]1CCC[C@@H](O)C1. The Morgan fingerprint density at radius 2 is 2.25 bits per heavy atom. The average molecular weight is 173 g/mol. The Hall–Kier alpha value is -0.610. The number of amides is 1. The van der Waals surface area contributed by atoms with Crippen molar-refractivity contribution in [2.75, 3.05) is 6.61 Å². The molecule has 0 aromatic carbocycles. The van der Waals surface area contributed by atoms with Gasteiger partial charge in [0, 0.05) is 6.04 Å². The normalized spacial score (nSPS) is 29.8. The molecule has 0 unspecified atom stereocenters. The third kappa shape index (κ3) is 2.79. The van der Waals surface area contributed by atoms with Gasteiger partial charge in [-0.15, -0.1) is 0 Å². The molecule has 0 spiro atoms. The molecule has 1 rings (SSSR count). The highest BCUT2D eigenvalue weighted by Crippen LogP contribution is 2.17. The second-order valence-corrected chi connectivity index (χ2v) is 3.24. The van der Waals surface area contributed by atoms with Crippen molar-refractivity contribution in [1.29, 1.82) is 0 Å². The molecular weight excluding hydrogens is 158 g/mol. The number of carbonyl (C=O) groups excluding carboxylic acids is 1. The van der Waals surface area contributed by atoms with E-state index >= 15 is 0 Å². The molecule has 70 valence electrons. The van der Waals surface area contributed by atoms with Crippen LogP contribution < -0.4 is 5.32 Å². The van der Waals surface area contributed by atoms with E-state index in [9.17, 15) is 9.90 Å². The van der Waals surface area contributed by atoms with Crippen LogP contribution in [0.4, 0.5) is 0 Å². The van der Waals surface area contributed by atoms with Crippen LogP contribution in [0.15, 0.2) is 0 Å². The van der Waals surface area contributed by atoms with Gasteiger partial charge in [-0.05, 0) is 25.7 Å². The Labute approximate surface area is 71.6 Å². The molecule has 0 saturated heterocycles. The number of hydrogen-bond donors (Lipinski definition) is 3. The lowest BCUT2D eigenvalue weighted by Crippen LogP contribution is -2.40. The minimum Gasteiger partial charge on any atom is -0.393 e. The molecule has 4 nitrogen and oxygen atoms in total. The maximum Gasteiger partial charge on any atom is 0.245 e. The van der Waals surface area contributed by atoms with Crippen LogP contribution in [-0.2, 0) is 4.79 Å². The highest BCUT2D eigenvalue weighted by molar-refractivity contribution is 5.77. The Balaban J connectivity index is 2.27. The first kappa shape index (κ1) is 9.48. The molecule has 1 saturated carbocycles. The van der Waals surface area contributed by atoms with Gasteiger partial charge in [-0.3, -0.25) is 4.79 Å². The Bertz CT molecular complexity index is 160. The van der Waals surface area contributed by atoms with E-state index in [1.54, 1.807) is 0 Å². The van der Waals surface area contributed by atoms with Gasteiger partial charge in [-0.1, -0.05) is 0 Å². The van der Waals surface area contributed by atoms with Gasteiger partial charge in [0.2, 0.25) is 5.91 Å². The van der Waals surface area contributed by atoms with Crippen molar-refractivity contribution in [3.05, 3.63) is 0 Å². The summed E-state index contributed by atoms with van der Waals surface area (Å²) in [6, 6.07) is 0.0494. The van der Waals surface area contributed by atoms with Crippen LogP contribution in [-0.4, -0.2) is 34.9 Å². The maximum absolute atomic E-state index is 10.7. The average Bonchev–Trinajstić information content (AvgIpc) is 2.04. The predicted molar refractivity (Wildman–Crippen MR) is 43.5 cm³/mol. The first-order valence-electron chi connectivity index (χ1n) is 4.30. The molecule has 3 N–H and O–H groups in total. The Morgan fingerprint density at radius 1 is 1.50 bits per heavy atom. The minimum atomic E-state index is -0.466. The molecule has 0 aliphatic heterocycles. The van der Waals surface area contributed by atoms with Gasteiger partial charge in [0.05, 0.1) is 6.10 Å². The summed E-state index contributed by atoms with van der Waals surface area (Å²) in [5.74, 6) is -0.353. The molecule has 12 heavy (non-hydrogen) atoms. The molecule has 2 atom stereocenters. The molecule has 1 fully saturated rings. The van der Waals surface area contributed by atoms with Crippen molar-refractivity contribution in [2.45, 2.75) is 37.8 Å². The zero-order valence-corrected chi connectivity index (χ0v) is 6.99. The van der Waals surface area contributed by atoms with E-state index < -0.39 is 6.61 Å². The van der Waals surface area contributed by atoms with E-state index in [1.807, 2.05) is 0 Å². The number of aliphatic hydroxyl groups excluding tert-OH is 2. The second kappa shape index (κ2) is 4.42. The number of rotatable bonds is 2. The molecule has 0 aromatic heterocycles. The van der Waals surface area contributed by atoms with Gasteiger partial charge < -0.3 is 15.5 Å². The van der Waals surface area contributed by atoms with Gasteiger partial charge in [-0.25, -0.2) is 0 Å². The van der Waals surface area contributed by atoms with Crippen molar-refractivity contribution in [1.82, 2.24) is 5.32 Å². The lowest BCUT2D eigenvalue weighted by molar-refractivity contribution is -0.124. The summed E-state index contributed by atoms with van der Waals surface area (Å²) in [5.41, 5.74) is 0. The van der Waals surface area contributed by atoms with Crippen molar-refractivity contribution < 1.29 is 15.0 Å². The van der Waals surface area contributed by atoms with Crippen LogP contribution in [0.5, 0.6) is 0 Å². The number of carbonyl (C=O) groups is 1. The standard InChI is InChI=1S/C8H15NO3/c10-5-8(12)9-6-2-1-3-7(11)4-6/h6-7,10-11H,1-5H2,(H,9,12)/t6-,7+/m0/s1. The van der Waals surface area contributed by atoms with Gasteiger partial charge in [0.25, 0.3) is 0 Å². The molecule has 0 aromatic rings. The zero-order chi connectivity index (χ0) is 8.97. The fraction of sp³-hybridized carbons (Fsp3) is 0.875. The van der Waals surface area contributed by atoms with Crippen molar-refractivity contribution in [3.8, 4) is 0 Å². The molecular formula is C8H15NO3. The molecule has 0 heterocycles. The summed E-state index contributed by atoms with van der Waals surface area (Å²) in [5, 5.41) is 20.4. The van der Waals surface area contributed by atoms with Crippen molar-refractivity contribution >= 4 is 5.91 Å². The van der Waals surface area contributed by atoms with Crippen molar-refractivity contribution in [2.24, 2.45) is 0 Å². The lowest BCUT2D eigenvalue weighted by Gasteiger charge is -2.26. The van der Waals surface area contributed by atoms with Gasteiger partial charge in [-0.2, -0.15) is 0 Å². The first-order valence-corrected chi connectivity index (χ1v) is 4.30. The molecule has 1 aliphatic carbocycles. The third-order valence-electron chi connectivity index (χ3n) is 2.16. The molecule has 1 aliphatic rings. The summed E-state index contributed by atoms with van der Waals surface area (Å²) in [6.45, 7) is -0.466. The van der Waals surface area contributed by atoms with Crippen LogP contribution >= 0.6 is 0 Å². The number of hydrogen-bond acceptors (Lipinski definition) is 3. The molecule has 0 radical (unpaired) electrons. The van der Waals surface area contributed by atoms with Crippen molar-refractivity contribution in [3.63, 3.8) is 0 Å². The third-order valence-corrected chi connectivity index (χ3v) is 2.16.